The number of aromatic carboxylic acids is 1. The molecule has 0 aliphatic carbocycles. The summed E-state index contributed by atoms with van der Waals surface area (Å²) in [5.74, 6) is -1.13. The quantitative estimate of drug-likeness (QED) is 0.793. The summed E-state index contributed by atoms with van der Waals surface area (Å²) in [5.41, 5.74) is 3.86. The van der Waals surface area contributed by atoms with E-state index in [2.05, 4.69) is 54.0 Å². The topological polar surface area (TPSA) is 81.9 Å². The number of amides is 1. The zero-order valence-electron chi connectivity index (χ0n) is 18.5. The molecular formula is C23H31N5O3. The standard InChI is InChI=1S/C23H31N5O3/c1-17-5-6-18(20(15-17)26-10-4-11-26)16-25(3)23(2)8-13-27(14-9-23)22(31)28-12-7-19(24-28)21(29)30/h5-7,12,15H,4,8-11,13-14,16H2,1-3H3,(H,29,30). The molecule has 0 spiro atoms. The van der Waals surface area contributed by atoms with Crippen molar-refractivity contribution in [3.05, 3.63) is 47.3 Å². The molecule has 8 heteroatoms. The predicted molar refractivity (Wildman–Crippen MR) is 119 cm³/mol. The van der Waals surface area contributed by atoms with Crippen molar-refractivity contribution in [1.82, 2.24) is 19.6 Å². The van der Waals surface area contributed by atoms with Crippen LogP contribution < -0.4 is 4.90 Å². The van der Waals surface area contributed by atoms with Gasteiger partial charge in [0.1, 0.15) is 0 Å². The van der Waals surface area contributed by atoms with Crippen molar-refractivity contribution in [2.45, 2.75) is 45.2 Å². The predicted octanol–water partition coefficient (Wildman–Crippen LogP) is 3.05. The molecule has 4 rings (SSSR count). The Morgan fingerprint density at radius 3 is 2.45 bits per heavy atom. The van der Waals surface area contributed by atoms with E-state index in [1.807, 2.05) is 0 Å². The van der Waals surface area contributed by atoms with Gasteiger partial charge in [-0.25, -0.2) is 9.59 Å². The Balaban J connectivity index is 1.40. The van der Waals surface area contributed by atoms with E-state index in [0.717, 1.165) is 37.2 Å². The van der Waals surface area contributed by atoms with Gasteiger partial charge in [0.2, 0.25) is 0 Å². The van der Waals surface area contributed by atoms with E-state index in [1.165, 1.54) is 35.5 Å². The molecule has 3 heterocycles. The summed E-state index contributed by atoms with van der Waals surface area (Å²) >= 11 is 0. The lowest BCUT2D eigenvalue weighted by atomic mass is 9.87. The molecule has 2 aliphatic heterocycles. The second kappa shape index (κ2) is 8.34. The van der Waals surface area contributed by atoms with Crippen LogP contribution in [0.5, 0.6) is 0 Å². The van der Waals surface area contributed by atoms with Gasteiger partial charge in [0, 0.05) is 50.1 Å². The summed E-state index contributed by atoms with van der Waals surface area (Å²) in [5, 5.41) is 12.9. The van der Waals surface area contributed by atoms with E-state index in [4.69, 9.17) is 5.11 Å². The number of benzene rings is 1. The number of piperidine rings is 1. The van der Waals surface area contributed by atoms with E-state index in [9.17, 15) is 9.59 Å². The van der Waals surface area contributed by atoms with Gasteiger partial charge in [-0.05, 0) is 63.4 Å². The van der Waals surface area contributed by atoms with E-state index < -0.39 is 5.97 Å². The van der Waals surface area contributed by atoms with Crippen molar-refractivity contribution in [2.24, 2.45) is 0 Å². The van der Waals surface area contributed by atoms with Crippen LogP contribution in [0.4, 0.5) is 10.5 Å². The highest BCUT2D eigenvalue weighted by molar-refractivity contribution is 5.86. The number of carbonyl (C=O) groups excluding carboxylic acids is 1. The number of aromatic nitrogens is 2. The first kappa shape index (κ1) is 21.4. The number of aryl methyl sites for hydroxylation is 1. The molecule has 2 aromatic rings. The molecule has 1 N–H and O–H groups in total. The second-order valence-electron chi connectivity index (χ2n) is 9.05. The lowest BCUT2D eigenvalue weighted by Crippen LogP contribution is -2.53. The fourth-order valence-electron chi connectivity index (χ4n) is 4.36. The first-order chi connectivity index (χ1) is 14.8. The molecule has 2 saturated heterocycles. The summed E-state index contributed by atoms with van der Waals surface area (Å²) in [4.78, 5) is 30.4. The molecule has 0 saturated carbocycles. The minimum Gasteiger partial charge on any atom is -0.476 e. The maximum atomic E-state index is 12.7. The van der Waals surface area contributed by atoms with E-state index in [0.29, 0.717) is 13.1 Å². The van der Waals surface area contributed by atoms with Gasteiger partial charge in [-0.1, -0.05) is 12.1 Å². The van der Waals surface area contributed by atoms with Crippen LogP contribution >= 0.6 is 0 Å². The van der Waals surface area contributed by atoms with Gasteiger partial charge in [0.15, 0.2) is 5.69 Å². The fourth-order valence-corrected chi connectivity index (χ4v) is 4.36. The molecule has 0 unspecified atom stereocenters. The molecule has 166 valence electrons. The lowest BCUT2D eigenvalue weighted by Gasteiger charge is -2.45. The van der Waals surface area contributed by atoms with Crippen molar-refractivity contribution >= 4 is 17.7 Å². The zero-order valence-corrected chi connectivity index (χ0v) is 18.5. The number of carboxylic acids is 1. The van der Waals surface area contributed by atoms with Crippen molar-refractivity contribution in [3.8, 4) is 0 Å². The Hall–Kier alpha value is -2.87. The molecule has 1 amide bonds. The normalized spacial score (nSPS) is 18.2. The highest BCUT2D eigenvalue weighted by Gasteiger charge is 2.36. The Morgan fingerprint density at radius 1 is 1.16 bits per heavy atom. The summed E-state index contributed by atoms with van der Waals surface area (Å²) in [7, 11) is 2.17. The number of carbonyl (C=O) groups is 2. The maximum absolute atomic E-state index is 12.7. The summed E-state index contributed by atoms with van der Waals surface area (Å²) in [6.45, 7) is 8.78. The fraction of sp³-hybridized carbons (Fsp3) is 0.522. The van der Waals surface area contributed by atoms with Crippen LogP contribution in [0, 0.1) is 6.92 Å². The van der Waals surface area contributed by atoms with Crippen LogP contribution in [0.25, 0.3) is 0 Å². The molecule has 0 bridgehead atoms. The molecule has 31 heavy (non-hydrogen) atoms. The van der Waals surface area contributed by atoms with Gasteiger partial charge in [-0.3, -0.25) is 4.90 Å². The van der Waals surface area contributed by atoms with Gasteiger partial charge >= 0.3 is 12.0 Å². The largest absolute Gasteiger partial charge is 0.476 e. The first-order valence-electron chi connectivity index (χ1n) is 10.9. The van der Waals surface area contributed by atoms with Crippen molar-refractivity contribution in [3.63, 3.8) is 0 Å². The van der Waals surface area contributed by atoms with Crippen LogP contribution in [0.15, 0.2) is 30.5 Å². The number of anilines is 1. The monoisotopic (exact) mass is 425 g/mol. The minimum atomic E-state index is -1.13. The first-order valence-corrected chi connectivity index (χ1v) is 10.9. The zero-order chi connectivity index (χ0) is 22.2. The van der Waals surface area contributed by atoms with Crippen LogP contribution in [0.2, 0.25) is 0 Å². The van der Waals surface area contributed by atoms with E-state index >= 15 is 0 Å². The van der Waals surface area contributed by atoms with Gasteiger partial charge in [0.25, 0.3) is 0 Å². The van der Waals surface area contributed by atoms with Crippen molar-refractivity contribution in [2.75, 3.05) is 38.1 Å². The van der Waals surface area contributed by atoms with E-state index in [-0.39, 0.29) is 17.3 Å². The highest BCUT2D eigenvalue weighted by Crippen LogP contribution is 2.32. The Bertz CT molecular complexity index is 973. The SMILES string of the molecule is Cc1ccc(CN(C)C2(C)CCN(C(=O)n3ccc(C(=O)O)n3)CC2)c(N2CCC2)c1. The Kier molecular flexibility index (Phi) is 5.75. The summed E-state index contributed by atoms with van der Waals surface area (Å²) in [6, 6.07) is 7.81. The van der Waals surface area contributed by atoms with Crippen LogP contribution in [-0.2, 0) is 6.54 Å². The van der Waals surface area contributed by atoms with Gasteiger partial charge in [-0.15, -0.1) is 0 Å². The molecule has 8 nitrogen and oxygen atoms in total. The summed E-state index contributed by atoms with van der Waals surface area (Å²) in [6.07, 6.45) is 4.38. The van der Waals surface area contributed by atoms with Crippen LogP contribution in [0.3, 0.4) is 0 Å². The third-order valence-corrected chi connectivity index (χ3v) is 6.88. The number of hydrogen-bond acceptors (Lipinski definition) is 5. The highest BCUT2D eigenvalue weighted by atomic mass is 16.4. The molecule has 1 aromatic carbocycles. The smallest absolute Gasteiger partial charge is 0.356 e. The third-order valence-electron chi connectivity index (χ3n) is 6.88. The van der Waals surface area contributed by atoms with Gasteiger partial charge in [0.05, 0.1) is 0 Å². The Labute approximate surface area is 183 Å². The number of likely N-dealkylation sites (tertiary alicyclic amines) is 1. The average molecular weight is 426 g/mol. The molecule has 0 atom stereocenters. The Morgan fingerprint density at radius 2 is 1.87 bits per heavy atom. The molecule has 2 fully saturated rings. The molecular weight excluding hydrogens is 394 g/mol. The number of rotatable bonds is 5. The molecule has 0 radical (unpaired) electrons. The average Bonchev–Trinajstić information content (AvgIpc) is 3.19. The number of nitrogens with zero attached hydrogens (tertiary/aromatic N) is 5. The number of carboxylic acid groups (broad SMARTS) is 1. The van der Waals surface area contributed by atoms with Gasteiger partial charge < -0.3 is 14.9 Å². The van der Waals surface area contributed by atoms with E-state index in [1.54, 1.807) is 4.90 Å². The molecule has 2 aliphatic rings. The van der Waals surface area contributed by atoms with Crippen molar-refractivity contribution < 1.29 is 14.7 Å². The minimum absolute atomic E-state index is 0.00970. The van der Waals surface area contributed by atoms with Crippen LogP contribution in [0.1, 0.15) is 47.8 Å². The van der Waals surface area contributed by atoms with Gasteiger partial charge in [-0.2, -0.15) is 9.78 Å². The lowest BCUT2D eigenvalue weighted by molar-refractivity contribution is 0.0585. The van der Waals surface area contributed by atoms with Crippen LogP contribution in [-0.4, -0.2) is 75.5 Å². The maximum Gasteiger partial charge on any atom is 0.356 e. The summed E-state index contributed by atoms with van der Waals surface area (Å²) < 4.78 is 1.13. The molecule has 1 aromatic heterocycles. The number of hydrogen-bond donors (Lipinski definition) is 1. The van der Waals surface area contributed by atoms with Crippen molar-refractivity contribution in [1.29, 1.82) is 0 Å². The third kappa shape index (κ3) is 4.30. The second-order valence-corrected chi connectivity index (χ2v) is 9.05.